The fraction of sp³-hybridized carbons (Fsp3) is 0.500. The molecule has 5 nitrogen and oxygen atoms in total. The third kappa shape index (κ3) is 3.80. The number of aliphatic hydroxyl groups excluding tert-OH is 1. The van der Waals surface area contributed by atoms with Gasteiger partial charge in [-0.2, -0.15) is 0 Å². The Morgan fingerprint density at radius 3 is 2.34 bits per heavy atom. The van der Waals surface area contributed by atoms with E-state index in [2.05, 4.69) is 65.6 Å². The van der Waals surface area contributed by atoms with Crippen molar-refractivity contribution in [2.24, 2.45) is 0 Å². The minimum atomic E-state index is -0.622. The smallest absolute Gasteiger partial charge is 0.163 e. The van der Waals surface area contributed by atoms with Crippen LogP contribution < -0.4 is 10.1 Å². The number of nitrogens with one attached hydrogen (secondary N) is 1. The highest BCUT2D eigenvalue weighted by Gasteiger charge is 2.49. The zero-order valence-electron chi connectivity index (χ0n) is 17.8. The van der Waals surface area contributed by atoms with E-state index < -0.39 is 6.35 Å². The molecule has 156 valence electrons. The molecule has 0 bridgehead atoms. The lowest BCUT2D eigenvalue weighted by Gasteiger charge is -2.49. The number of hydrogen-bond acceptors (Lipinski definition) is 5. The molecule has 1 saturated carbocycles. The third-order valence-corrected chi connectivity index (χ3v) is 7.05. The second kappa shape index (κ2) is 8.07. The Morgan fingerprint density at radius 2 is 1.69 bits per heavy atom. The summed E-state index contributed by atoms with van der Waals surface area (Å²) in [5.74, 6) is 0.875. The highest BCUT2D eigenvalue weighted by atomic mass is 16.5. The van der Waals surface area contributed by atoms with Crippen molar-refractivity contribution in [3.05, 3.63) is 65.7 Å². The molecule has 2 fully saturated rings. The number of rotatable bonds is 5. The highest BCUT2D eigenvalue weighted by molar-refractivity contribution is 5.33. The van der Waals surface area contributed by atoms with Gasteiger partial charge in [-0.1, -0.05) is 48.5 Å². The fourth-order valence-corrected chi connectivity index (χ4v) is 5.27. The van der Waals surface area contributed by atoms with Gasteiger partial charge in [0.1, 0.15) is 5.75 Å². The second-order valence-electron chi connectivity index (χ2n) is 8.81. The van der Waals surface area contributed by atoms with Gasteiger partial charge < -0.3 is 9.84 Å². The molecule has 1 saturated heterocycles. The number of aliphatic hydroxyl groups is 1. The minimum absolute atomic E-state index is 0.0320. The Morgan fingerprint density at radius 1 is 1.03 bits per heavy atom. The Hall–Kier alpha value is -1.92. The van der Waals surface area contributed by atoms with E-state index in [1.165, 1.54) is 5.56 Å². The molecular weight excluding hydrogens is 362 g/mol. The number of hydrogen-bond donors (Lipinski definition) is 2. The predicted octanol–water partition coefficient (Wildman–Crippen LogP) is 3.15. The molecule has 2 aliphatic rings. The maximum atomic E-state index is 10.8. The molecule has 0 radical (unpaired) electrons. The van der Waals surface area contributed by atoms with Crippen LogP contribution in [-0.4, -0.2) is 54.5 Å². The molecule has 2 aromatic rings. The first-order valence-corrected chi connectivity index (χ1v) is 10.5. The monoisotopic (exact) mass is 395 g/mol. The largest absolute Gasteiger partial charge is 0.496 e. The number of benzene rings is 2. The molecule has 0 aromatic heterocycles. The van der Waals surface area contributed by atoms with Crippen LogP contribution >= 0.6 is 0 Å². The Labute approximate surface area is 174 Å². The first-order chi connectivity index (χ1) is 14.0. The summed E-state index contributed by atoms with van der Waals surface area (Å²) in [5, 5.41) is 14.3. The van der Waals surface area contributed by atoms with Gasteiger partial charge in [-0.05, 0) is 51.4 Å². The maximum absolute atomic E-state index is 10.8. The predicted molar refractivity (Wildman–Crippen MR) is 116 cm³/mol. The molecule has 29 heavy (non-hydrogen) atoms. The first kappa shape index (κ1) is 20.4. The molecule has 1 heterocycles. The molecule has 4 rings (SSSR count). The second-order valence-corrected chi connectivity index (χ2v) is 8.81. The van der Waals surface area contributed by atoms with Gasteiger partial charge in [-0.3, -0.25) is 15.1 Å². The van der Waals surface area contributed by atoms with Crippen LogP contribution in [0.3, 0.4) is 0 Å². The van der Waals surface area contributed by atoms with Crippen LogP contribution in [0, 0.1) is 0 Å². The zero-order chi connectivity index (χ0) is 20.5. The minimum Gasteiger partial charge on any atom is -0.496 e. The summed E-state index contributed by atoms with van der Waals surface area (Å²) in [4.78, 5) is 4.51. The van der Waals surface area contributed by atoms with Crippen molar-refractivity contribution in [2.75, 3.05) is 27.7 Å². The lowest BCUT2D eigenvalue weighted by molar-refractivity contribution is 0.0123. The Kier molecular flexibility index (Phi) is 5.67. The fourth-order valence-electron chi connectivity index (χ4n) is 5.27. The van der Waals surface area contributed by atoms with Crippen molar-refractivity contribution < 1.29 is 9.84 Å². The molecule has 0 amide bonds. The van der Waals surface area contributed by atoms with E-state index in [1.54, 1.807) is 7.11 Å². The molecular formula is C24H33N3O2. The van der Waals surface area contributed by atoms with E-state index in [0.717, 1.165) is 43.5 Å². The van der Waals surface area contributed by atoms with Gasteiger partial charge in [-0.15, -0.1) is 0 Å². The van der Waals surface area contributed by atoms with E-state index in [-0.39, 0.29) is 11.1 Å². The lowest BCUT2D eigenvalue weighted by atomic mass is 9.69. The van der Waals surface area contributed by atoms with Crippen molar-refractivity contribution in [2.45, 2.75) is 49.7 Å². The van der Waals surface area contributed by atoms with Crippen LogP contribution in [0.5, 0.6) is 5.75 Å². The van der Waals surface area contributed by atoms with Crippen LogP contribution in [0.15, 0.2) is 54.6 Å². The molecule has 2 N–H and O–H groups in total. The first-order valence-electron chi connectivity index (χ1n) is 10.5. The van der Waals surface area contributed by atoms with E-state index >= 15 is 0 Å². The zero-order valence-corrected chi connectivity index (χ0v) is 17.8. The van der Waals surface area contributed by atoms with Gasteiger partial charge >= 0.3 is 0 Å². The number of nitrogens with zero attached hydrogens (tertiary/aromatic N) is 2. The number of ether oxygens (including phenoxy) is 1. The normalized spacial score (nSPS) is 30.2. The Bertz CT molecular complexity index is 816. The van der Waals surface area contributed by atoms with E-state index in [9.17, 15) is 5.11 Å². The molecule has 5 heteroatoms. The molecule has 2 aromatic carbocycles. The number of methoxy groups -OCH3 is 1. The number of para-hydroxylation sites is 1. The SMILES string of the molecule is COc1ccccc1CN1C[C@]2(CC[C@](c3ccccc3)(N(C)C)CC2)NC1O. The van der Waals surface area contributed by atoms with Crippen molar-refractivity contribution >= 4 is 0 Å². The summed E-state index contributed by atoms with van der Waals surface area (Å²) >= 11 is 0. The van der Waals surface area contributed by atoms with Crippen LogP contribution in [0.1, 0.15) is 36.8 Å². The van der Waals surface area contributed by atoms with Gasteiger partial charge in [0, 0.05) is 29.7 Å². The van der Waals surface area contributed by atoms with Crippen LogP contribution in [0.2, 0.25) is 0 Å². The van der Waals surface area contributed by atoms with Crippen molar-refractivity contribution in [1.29, 1.82) is 0 Å². The molecule has 1 atom stereocenters. The quantitative estimate of drug-likeness (QED) is 0.815. The van der Waals surface area contributed by atoms with E-state index in [0.29, 0.717) is 6.54 Å². The van der Waals surface area contributed by atoms with Gasteiger partial charge in [0.2, 0.25) is 0 Å². The third-order valence-electron chi connectivity index (χ3n) is 7.05. The van der Waals surface area contributed by atoms with Gasteiger partial charge in [-0.25, -0.2) is 0 Å². The Balaban J connectivity index is 1.49. The van der Waals surface area contributed by atoms with E-state index in [1.807, 2.05) is 18.2 Å². The molecule has 1 spiro atoms. The summed E-state index contributed by atoms with van der Waals surface area (Å²) in [7, 11) is 6.08. The van der Waals surface area contributed by atoms with Gasteiger partial charge in [0.05, 0.1) is 7.11 Å². The average molecular weight is 396 g/mol. The van der Waals surface area contributed by atoms with Crippen LogP contribution in [0.4, 0.5) is 0 Å². The van der Waals surface area contributed by atoms with Crippen molar-refractivity contribution in [3.63, 3.8) is 0 Å². The summed E-state index contributed by atoms with van der Waals surface area (Å²) in [6, 6.07) is 18.9. The maximum Gasteiger partial charge on any atom is 0.163 e. The standard InChI is InChI=1S/C24H33N3O2/c1-26(2)24(20-10-5-4-6-11-20)15-13-23(14-16-24)18-27(22(28)25-23)17-19-9-7-8-12-21(19)29-3/h4-12,22,25,28H,13-18H2,1-3H3/t22?,23-,24+. The summed E-state index contributed by atoms with van der Waals surface area (Å²) < 4.78 is 5.50. The van der Waals surface area contributed by atoms with Crippen molar-refractivity contribution in [3.8, 4) is 5.75 Å². The highest BCUT2D eigenvalue weighted by Crippen LogP contribution is 2.46. The van der Waals surface area contributed by atoms with E-state index in [4.69, 9.17) is 4.74 Å². The average Bonchev–Trinajstić information content (AvgIpc) is 3.04. The molecule has 1 unspecified atom stereocenters. The molecule has 1 aliphatic heterocycles. The topological polar surface area (TPSA) is 48.0 Å². The van der Waals surface area contributed by atoms with Crippen LogP contribution in [0.25, 0.3) is 0 Å². The van der Waals surface area contributed by atoms with Gasteiger partial charge in [0.15, 0.2) is 6.35 Å². The summed E-state index contributed by atoms with van der Waals surface area (Å²) in [6.07, 6.45) is 3.61. The summed E-state index contributed by atoms with van der Waals surface area (Å²) in [6.45, 7) is 1.53. The van der Waals surface area contributed by atoms with Gasteiger partial charge in [0.25, 0.3) is 0 Å². The van der Waals surface area contributed by atoms with Crippen LogP contribution in [-0.2, 0) is 12.1 Å². The summed E-state index contributed by atoms with van der Waals surface area (Å²) in [5.41, 5.74) is 2.53. The molecule has 1 aliphatic carbocycles. The van der Waals surface area contributed by atoms with Crippen molar-refractivity contribution in [1.82, 2.24) is 15.1 Å². The lowest BCUT2D eigenvalue weighted by Crippen LogP contribution is -2.54.